The van der Waals surface area contributed by atoms with Crippen LogP contribution in [0.3, 0.4) is 0 Å². The summed E-state index contributed by atoms with van der Waals surface area (Å²) in [5.74, 6) is 0. The van der Waals surface area contributed by atoms with E-state index in [0.717, 1.165) is 0 Å². The standard InChI is InChI=1S/C6H14FO6PS/c1-3-11-14(8,12-4-2)6-13-15(9,10)5-7/h3-6H2,1-2H3. The Balaban J connectivity index is 4.37. The third-order valence-electron chi connectivity index (χ3n) is 1.18. The first-order chi connectivity index (χ1) is 6.89. The molecule has 0 saturated carbocycles. The Kier molecular flexibility index (Phi) is 6.54. The average molecular weight is 264 g/mol. The number of rotatable bonds is 8. The van der Waals surface area contributed by atoms with E-state index in [4.69, 9.17) is 9.05 Å². The summed E-state index contributed by atoms with van der Waals surface area (Å²) < 4.78 is 58.3. The van der Waals surface area contributed by atoms with Crippen molar-refractivity contribution in [1.82, 2.24) is 0 Å². The molecule has 0 radical (unpaired) electrons. The summed E-state index contributed by atoms with van der Waals surface area (Å²) in [5.41, 5.74) is 0. The molecule has 0 unspecified atom stereocenters. The first-order valence-electron chi connectivity index (χ1n) is 4.20. The molecule has 0 aliphatic carbocycles. The van der Waals surface area contributed by atoms with Crippen LogP contribution in [0.2, 0.25) is 0 Å². The highest BCUT2D eigenvalue weighted by molar-refractivity contribution is 7.86. The summed E-state index contributed by atoms with van der Waals surface area (Å²) in [4.78, 5) is 0. The summed E-state index contributed by atoms with van der Waals surface area (Å²) in [6, 6.07) is -1.68. The van der Waals surface area contributed by atoms with E-state index in [9.17, 15) is 17.4 Å². The molecule has 0 amide bonds. The largest absolute Gasteiger partial charge is 0.357 e. The van der Waals surface area contributed by atoms with Gasteiger partial charge in [-0.05, 0) is 13.8 Å². The molecule has 0 aromatic carbocycles. The van der Waals surface area contributed by atoms with Gasteiger partial charge in [0.1, 0.15) is 0 Å². The second-order valence-corrected chi connectivity index (χ2v) is 5.93. The Labute approximate surface area is 88.4 Å². The van der Waals surface area contributed by atoms with Crippen LogP contribution >= 0.6 is 7.60 Å². The van der Waals surface area contributed by atoms with E-state index in [1.165, 1.54) is 0 Å². The Morgan fingerprint density at radius 2 is 1.67 bits per heavy atom. The zero-order chi connectivity index (χ0) is 11.9. The van der Waals surface area contributed by atoms with Crippen LogP contribution in [0.25, 0.3) is 0 Å². The molecule has 92 valence electrons. The predicted molar refractivity (Wildman–Crippen MR) is 51.7 cm³/mol. The lowest BCUT2D eigenvalue weighted by Crippen LogP contribution is -2.11. The fraction of sp³-hybridized carbons (Fsp3) is 1.00. The van der Waals surface area contributed by atoms with E-state index in [1.807, 2.05) is 0 Å². The van der Waals surface area contributed by atoms with Crippen molar-refractivity contribution in [2.45, 2.75) is 13.8 Å². The molecule has 0 aliphatic rings. The van der Waals surface area contributed by atoms with Gasteiger partial charge in [-0.2, -0.15) is 8.42 Å². The third kappa shape index (κ3) is 6.21. The lowest BCUT2D eigenvalue weighted by molar-refractivity contribution is 0.197. The van der Waals surface area contributed by atoms with Crippen molar-refractivity contribution in [3.05, 3.63) is 0 Å². The molecule has 0 aliphatic heterocycles. The van der Waals surface area contributed by atoms with Crippen molar-refractivity contribution in [2.75, 3.05) is 25.6 Å². The van der Waals surface area contributed by atoms with Gasteiger partial charge in [0.2, 0.25) is 6.01 Å². The molecule has 0 N–H and O–H groups in total. The van der Waals surface area contributed by atoms with Gasteiger partial charge in [-0.1, -0.05) is 0 Å². The highest BCUT2D eigenvalue weighted by Gasteiger charge is 2.27. The lowest BCUT2D eigenvalue weighted by Gasteiger charge is -2.15. The highest BCUT2D eigenvalue weighted by atomic mass is 32.2. The van der Waals surface area contributed by atoms with Crippen molar-refractivity contribution < 1.29 is 30.6 Å². The molecule has 9 heteroatoms. The van der Waals surface area contributed by atoms with Crippen LogP contribution < -0.4 is 0 Å². The van der Waals surface area contributed by atoms with Crippen LogP contribution in [-0.2, 0) is 27.9 Å². The van der Waals surface area contributed by atoms with Crippen molar-refractivity contribution in [3.8, 4) is 0 Å². The van der Waals surface area contributed by atoms with E-state index >= 15 is 0 Å². The summed E-state index contributed by atoms with van der Waals surface area (Å²) >= 11 is 0. The van der Waals surface area contributed by atoms with E-state index in [0.29, 0.717) is 0 Å². The first kappa shape index (κ1) is 15.0. The monoisotopic (exact) mass is 264 g/mol. The molecule has 0 bridgehead atoms. The Hall–Kier alpha value is -0.0100. The molecule has 0 atom stereocenters. The molecule has 0 aromatic heterocycles. The van der Waals surface area contributed by atoms with E-state index in [1.54, 1.807) is 13.8 Å². The summed E-state index contributed by atoms with van der Waals surface area (Å²) in [5, 5.41) is 0. The number of hydrogen-bond donors (Lipinski definition) is 0. The highest BCUT2D eigenvalue weighted by Crippen LogP contribution is 2.48. The second kappa shape index (κ2) is 6.55. The third-order valence-corrected chi connectivity index (χ3v) is 3.84. The Bertz CT molecular complexity index is 306. The molecule has 0 fully saturated rings. The summed E-state index contributed by atoms with van der Waals surface area (Å²) in [7, 11) is -7.89. The molecule has 0 heterocycles. The van der Waals surface area contributed by atoms with E-state index < -0.39 is 30.1 Å². The van der Waals surface area contributed by atoms with Gasteiger partial charge >= 0.3 is 7.60 Å². The fourth-order valence-electron chi connectivity index (χ4n) is 0.682. The van der Waals surface area contributed by atoms with Crippen molar-refractivity contribution in [2.24, 2.45) is 0 Å². The van der Waals surface area contributed by atoms with Gasteiger partial charge in [0.05, 0.1) is 13.2 Å². The van der Waals surface area contributed by atoms with Crippen molar-refractivity contribution in [1.29, 1.82) is 0 Å². The topological polar surface area (TPSA) is 78.9 Å². The van der Waals surface area contributed by atoms with Crippen LogP contribution in [-0.4, -0.2) is 34.0 Å². The molecule has 0 aromatic rings. The molecular weight excluding hydrogens is 250 g/mol. The fourth-order valence-corrected chi connectivity index (χ4v) is 2.91. The van der Waals surface area contributed by atoms with Gasteiger partial charge < -0.3 is 9.05 Å². The molecule has 6 nitrogen and oxygen atoms in total. The van der Waals surface area contributed by atoms with Crippen LogP contribution in [0.1, 0.15) is 13.8 Å². The van der Waals surface area contributed by atoms with Crippen LogP contribution in [0, 0.1) is 0 Å². The van der Waals surface area contributed by atoms with Gasteiger partial charge in [-0.25, -0.2) is 4.39 Å². The normalized spacial score (nSPS) is 13.0. The predicted octanol–water partition coefficient (Wildman–Crippen LogP) is 1.48. The number of hydrogen-bond acceptors (Lipinski definition) is 6. The Morgan fingerprint density at radius 3 is 2.00 bits per heavy atom. The maximum atomic E-state index is 11.8. The number of halogens is 1. The Morgan fingerprint density at radius 1 is 1.20 bits per heavy atom. The second-order valence-electron chi connectivity index (χ2n) is 2.36. The van der Waals surface area contributed by atoms with Gasteiger partial charge in [0.25, 0.3) is 10.1 Å². The van der Waals surface area contributed by atoms with E-state index in [-0.39, 0.29) is 13.2 Å². The van der Waals surface area contributed by atoms with Gasteiger partial charge in [-0.3, -0.25) is 8.75 Å². The van der Waals surface area contributed by atoms with E-state index in [2.05, 4.69) is 4.18 Å². The minimum absolute atomic E-state index is 0.0797. The maximum Gasteiger partial charge on any atom is 0.357 e. The molecule has 0 spiro atoms. The molecular formula is C6H14FO6PS. The molecule has 15 heavy (non-hydrogen) atoms. The maximum absolute atomic E-state index is 11.8. The molecule has 0 rings (SSSR count). The van der Waals surface area contributed by atoms with Gasteiger partial charge in [0, 0.05) is 0 Å². The average Bonchev–Trinajstić information content (AvgIpc) is 2.16. The summed E-state index contributed by atoms with van der Waals surface area (Å²) in [6.07, 6.45) is -0.805. The number of alkyl halides is 1. The van der Waals surface area contributed by atoms with Gasteiger partial charge in [0.15, 0.2) is 6.35 Å². The van der Waals surface area contributed by atoms with Crippen LogP contribution in [0.5, 0.6) is 0 Å². The first-order valence-corrected chi connectivity index (χ1v) is 7.51. The van der Waals surface area contributed by atoms with Gasteiger partial charge in [-0.15, -0.1) is 0 Å². The molecule has 0 saturated heterocycles. The summed E-state index contributed by atoms with van der Waals surface area (Å²) in [6.45, 7) is 3.29. The van der Waals surface area contributed by atoms with Crippen LogP contribution in [0.15, 0.2) is 0 Å². The zero-order valence-corrected chi connectivity index (χ0v) is 10.2. The SMILES string of the molecule is CCOP(=O)(COS(=O)(=O)CF)OCC. The van der Waals surface area contributed by atoms with Crippen molar-refractivity contribution in [3.63, 3.8) is 0 Å². The smallest absolute Gasteiger partial charge is 0.307 e. The van der Waals surface area contributed by atoms with Crippen LogP contribution in [0.4, 0.5) is 4.39 Å². The minimum Gasteiger partial charge on any atom is -0.307 e. The van der Waals surface area contributed by atoms with Crippen molar-refractivity contribution >= 4 is 17.7 Å². The minimum atomic E-state index is -4.29. The zero-order valence-electron chi connectivity index (χ0n) is 8.51. The lowest BCUT2D eigenvalue weighted by atomic mass is 10.9. The quantitative estimate of drug-likeness (QED) is 0.488.